The topological polar surface area (TPSA) is 64.3 Å². The summed E-state index contributed by atoms with van der Waals surface area (Å²) in [6.45, 7) is 2.11. The summed E-state index contributed by atoms with van der Waals surface area (Å²) in [7, 11) is 0. The van der Waals surface area contributed by atoms with Crippen molar-refractivity contribution in [3.05, 3.63) is 0 Å². The third-order valence-corrected chi connectivity index (χ3v) is 2.90. The molecule has 3 nitrogen and oxygen atoms in total. The van der Waals surface area contributed by atoms with Crippen LogP contribution in [0.4, 0.5) is 8.78 Å². The molecule has 1 fully saturated rings. The molecule has 0 aromatic rings. The standard InChI is InChI=1S/C8H13F2NO2.2BH3.Co/c1-6(2)7(9,10)4-3-5(11)8(6,12)13;;;/h11-13H,3-4H2,1-2H3;2*1H3;. The average Bonchev–Trinajstić information content (AvgIpc) is 1.97. The van der Waals surface area contributed by atoms with Crippen molar-refractivity contribution in [1.29, 1.82) is 5.41 Å². The van der Waals surface area contributed by atoms with E-state index in [4.69, 9.17) is 5.41 Å². The molecule has 0 aromatic heterocycles. The second-order valence-corrected chi connectivity index (χ2v) is 3.98. The molecule has 0 heterocycles. The Kier molecular flexibility index (Phi) is 7.50. The Morgan fingerprint density at radius 2 is 1.56 bits per heavy atom. The zero-order chi connectivity index (χ0) is 10.5. The van der Waals surface area contributed by atoms with E-state index in [1.54, 1.807) is 0 Å². The largest absolute Gasteiger partial charge is 0.360 e. The molecule has 3 N–H and O–H groups in total. The van der Waals surface area contributed by atoms with Crippen molar-refractivity contribution in [3.8, 4) is 0 Å². The fourth-order valence-electron chi connectivity index (χ4n) is 1.40. The van der Waals surface area contributed by atoms with Gasteiger partial charge in [-0.25, -0.2) is 8.78 Å². The van der Waals surface area contributed by atoms with Gasteiger partial charge in [0, 0.05) is 23.2 Å². The first-order valence-corrected chi connectivity index (χ1v) is 4.03. The van der Waals surface area contributed by atoms with Gasteiger partial charge in [-0.2, -0.15) is 0 Å². The molecule has 0 spiro atoms. The van der Waals surface area contributed by atoms with Crippen LogP contribution in [-0.2, 0) is 16.8 Å². The minimum Gasteiger partial charge on any atom is -0.360 e. The van der Waals surface area contributed by atoms with Crippen LogP contribution in [0.3, 0.4) is 0 Å². The molecule has 0 aliphatic heterocycles. The smallest absolute Gasteiger partial charge is 0.259 e. The Hall–Kier alpha value is 0.0864. The zero-order valence-electron chi connectivity index (χ0n) is 7.90. The monoisotopic (exact) mass is 280 g/mol. The first kappa shape index (κ1) is 21.4. The van der Waals surface area contributed by atoms with Crippen molar-refractivity contribution in [2.45, 2.75) is 38.4 Å². The summed E-state index contributed by atoms with van der Waals surface area (Å²) >= 11 is 0. The van der Waals surface area contributed by atoms with Crippen molar-refractivity contribution in [2.24, 2.45) is 5.41 Å². The molecule has 97 valence electrons. The number of halogens is 2. The Labute approximate surface area is 108 Å². The van der Waals surface area contributed by atoms with Crippen LogP contribution in [0.15, 0.2) is 0 Å². The van der Waals surface area contributed by atoms with Gasteiger partial charge in [-0.05, 0) is 20.3 Å². The number of alkyl halides is 2. The van der Waals surface area contributed by atoms with E-state index in [2.05, 4.69) is 0 Å². The van der Waals surface area contributed by atoms with Crippen LogP contribution >= 0.6 is 0 Å². The summed E-state index contributed by atoms with van der Waals surface area (Å²) in [5.41, 5.74) is -2.45. The Balaban J connectivity index is -0.000000563. The van der Waals surface area contributed by atoms with E-state index < -0.39 is 29.3 Å². The summed E-state index contributed by atoms with van der Waals surface area (Å²) in [5.74, 6) is -5.85. The molecule has 0 saturated heterocycles. The maximum Gasteiger partial charge on any atom is 0.259 e. The Morgan fingerprint density at radius 1 is 1.19 bits per heavy atom. The van der Waals surface area contributed by atoms with E-state index in [1.165, 1.54) is 0 Å². The first-order chi connectivity index (χ1) is 5.63. The molecule has 1 radical (unpaired) electrons. The summed E-state index contributed by atoms with van der Waals surface area (Å²) in [6.07, 6.45) is -0.773. The van der Waals surface area contributed by atoms with Crippen molar-refractivity contribution in [3.63, 3.8) is 0 Å². The van der Waals surface area contributed by atoms with Gasteiger partial charge < -0.3 is 15.6 Å². The molecular formula is C8H19B2CoF2NO2. The molecule has 1 aliphatic rings. The van der Waals surface area contributed by atoms with Gasteiger partial charge in [0.1, 0.15) is 0 Å². The molecule has 0 atom stereocenters. The van der Waals surface area contributed by atoms with Crippen LogP contribution in [0, 0.1) is 10.8 Å². The van der Waals surface area contributed by atoms with Gasteiger partial charge in [0.2, 0.25) is 5.79 Å². The maximum absolute atomic E-state index is 13.2. The molecule has 1 saturated carbocycles. The molecule has 8 heteroatoms. The molecule has 16 heavy (non-hydrogen) atoms. The first-order valence-electron chi connectivity index (χ1n) is 4.03. The molecular weight excluding hydrogens is 261 g/mol. The average molecular weight is 280 g/mol. The van der Waals surface area contributed by atoms with Gasteiger partial charge in [-0.1, -0.05) is 0 Å². The van der Waals surface area contributed by atoms with Gasteiger partial charge in [0.15, 0.2) is 0 Å². The second-order valence-electron chi connectivity index (χ2n) is 3.98. The van der Waals surface area contributed by atoms with E-state index in [1.807, 2.05) is 0 Å². The normalized spacial score (nSPS) is 24.5. The summed E-state index contributed by atoms with van der Waals surface area (Å²) in [6, 6.07) is 0. The van der Waals surface area contributed by atoms with Gasteiger partial charge in [0.25, 0.3) is 5.92 Å². The van der Waals surface area contributed by atoms with Crippen molar-refractivity contribution in [2.75, 3.05) is 0 Å². The molecule has 0 amide bonds. The van der Waals surface area contributed by atoms with E-state index >= 15 is 0 Å². The van der Waals surface area contributed by atoms with Crippen LogP contribution < -0.4 is 0 Å². The number of rotatable bonds is 0. The Morgan fingerprint density at radius 3 is 1.88 bits per heavy atom. The third kappa shape index (κ3) is 2.67. The third-order valence-electron chi connectivity index (χ3n) is 2.90. The predicted molar refractivity (Wildman–Crippen MR) is 62.7 cm³/mol. The fourth-order valence-corrected chi connectivity index (χ4v) is 1.40. The van der Waals surface area contributed by atoms with E-state index in [9.17, 15) is 19.0 Å². The quantitative estimate of drug-likeness (QED) is 0.384. The van der Waals surface area contributed by atoms with Crippen molar-refractivity contribution in [1.82, 2.24) is 0 Å². The number of aliphatic hydroxyl groups is 2. The van der Waals surface area contributed by atoms with Gasteiger partial charge in [0.05, 0.1) is 28.0 Å². The van der Waals surface area contributed by atoms with Crippen molar-refractivity contribution >= 4 is 22.5 Å². The van der Waals surface area contributed by atoms with E-state index in [0.717, 1.165) is 13.8 Å². The van der Waals surface area contributed by atoms with Crippen molar-refractivity contribution < 1.29 is 35.8 Å². The summed E-state index contributed by atoms with van der Waals surface area (Å²) < 4.78 is 26.5. The molecule has 0 unspecified atom stereocenters. The second kappa shape index (κ2) is 5.62. The minimum absolute atomic E-state index is 0. The fraction of sp³-hybridized carbons (Fsp3) is 0.875. The van der Waals surface area contributed by atoms with Crippen LogP contribution in [0.5, 0.6) is 0 Å². The summed E-state index contributed by atoms with van der Waals surface area (Å²) in [5, 5.41) is 25.9. The maximum atomic E-state index is 13.2. The molecule has 0 bridgehead atoms. The van der Waals surface area contributed by atoms with Crippen LogP contribution in [0.2, 0.25) is 0 Å². The van der Waals surface area contributed by atoms with Crippen LogP contribution in [0.1, 0.15) is 26.7 Å². The van der Waals surface area contributed by atoms with E-state index in [-0.39, 0.29) is 40.0 Å². The van der Waals surface area contributed by atoms with E-state index in [0.29, 0.717) is 0 Å². The SMILES string of the molecule is B.B.CC1(C)C(F)(F)CCC(=N)C1(O)O.[Co]. The molecule has 0 aromatic carbocycles. The zero-order valence-corrected chi connectivity index (χ0v) is 8.94. The van der Waals surface area contributed by atoms with Gasteiger partial charge in [-0.15, -0.1) is 0 Å². The minimum atomic E-state index is -3.15. The van der Waals surface area contributed by atoms with Crippen LogP contribution in [0.25, 0.3) is 0 Å². The predicted octanol–water partition coefficient (Wildman–Crippen LogP) is -1.23. The number of hydrogen-bond donors (Lipinski definition) is 3. The van der Waals surface area contributed by atoms with Gasteiger partial charge >= 0.3 is 0 Å². The molecule has 1 rings (SSSR count). The molecule has 1 aliphatic carbocycles. The Bertz CT molecular complexity index is 262. The summed E-state index contributed by atoms with van der Waals surface area (Å²) in [4.78, 5) is 0. The van der Waals surface area contributed by atoms with Gasteiger partial charge in [-0.3, -0.25) is 0 Å². The number of hydrogen-bond acceptors (Lipinski definition) is 3. The number of nitrogens with one attached hydrogen (secondary N) is 1. The van der Waals surface area contributed by atoms with Crippen LogP contribution in [-0.4, -0.2) is 44.5 Å².